The first-order valence-electron chi connectivity index (χ1n) is 9.08. The van der Waals surface area contributed by atoms with Crippen molar-refractivity contribution in [3.8, 4) is 0 Å². The molecule has 0 radical (unpaired) electrons. The number of hydrogen-bond donors (Lipinski definition) is 2. The van der Waals surface area contributed by atoms with Crippen LogP contribution in [0.3, 0.4) is 0 Å². The normalized spacial score (nSPS) is 13.3. The summed E-state index contributed by atoms with van der Waals surface area (Å²) in [5, 5.41) is 16.9. The van der Waals surface area contributed by atoms with Crippen molar-refractivity contribution < 1.29 is 14.5 Å². The number of anilines is 3. The third kappa shape index (κ3) is 4.28. The summed E-state index contributed by atoms with van der Waals surface area (Å²) in [6.07, 6.45) is 2.01. The Kier molecular flexibility index (Phi) is 5.58. The number of aryl methyl sites for hydroxylation is 1. The number of rotatable bonds is 5. The molecule has 2 aromatic carbocycles. The van der Waals surface area contributed by atoms with Gasteiger partial charge in [-0.05, 0) is 55.7 Å². The maximum absolute atomic E-state index is 12.6. The maximum atomic E-state index is 12.6. The van der Waals surface area contributed by atoms with Gasteiger partial charge in [0.1, 0.15) is 5.69 Å². The second kappa shape index (κ2) is 8.08. The van der Waals surface area contributed by atoms with Crippen LogP contribution in [0.1, 0.15) is 35.7 Å². The molecular formula is C20H22N4O4. The van der Waals surface area contributed by atoms with Gasteiger partial charge in [0.05, 0.1) is 4.92 Å². The summed E-state index contributed by atoms with van der Waals surface area (Å²) in [4.78, 5) is 36.8. The van der Waals surface area contributed by atoms with Gasteiger partial charge < -0.3 is 15.5 Å². The lowest BCUT2D eigenvalue weighted by Gasteiger charge is -2.18. The molecule has 8 heteroatoms. The first-order valence-corrected chi connectivity index (χ1v) is 9.08. The van der Waals surface area contributed by atoms with Gasteiger partial charge in [-0.1, -0.05) is 0 Å². The highest BCUT2D eigenvalue weighted by Gasteiger charge is 2.24. The molecule has 1 saturated heterocycles. The Labute approximate surface area is 162 Å². The van der Waals surface area contributed by atoms with Gasteiger partial charge in [-0.3, -0.25) is 19.7 Å². The zero-order valence-corrected chi connectivity index (χ0v) is 15.8. The highest BCUT2D eigenvalue weighted by atomic mass is 16.6. The van der Waals surface area contributed by atoms with Gasteiger partial charge in [0.15, 0.2) is 0 Å². The number of carbonyl (C=O) groups excluding carboxylic acids is 2. The number of nitrogens with zero attached hydrogens (tertiary/aromatic N) is 2. The van der Waals surface area contributed by atoms with Crippen LogP contribution in [0.5, 0.6) is 0 Å². The minimum absolute atomic E-state index is 0.0632. The first kappa shape index (κ1) is 19.3. The topological polar surface area (TPSA) is 105 Å². The average Bonchev–Trinajstić information content (AvgIpc) is 3.17. The molecule has 0 spiro atoms. The van der Waals surface area contributed by atoms with Crippen molar-refractivity contribution in [2.45, 2.75) is 26.7 Å². The molecule has 0 aromatic heterocycles. The minimum Gasteiger partial charge on any atom is -0.366 e. The highest BCUT2D eigenvalue weighted by Crippen LogP contribution is 2.32. The number of nitro groups is 1. The Morgan fingerprint density at radius 1 is 1.07 bits per heavy atom. The summed E-state index contributed by atoms with van der Waals surface area (Å²) in [5.41, 5.74) is 2.71. The largest absolute Gasteiger partial charge is 0.366 e. The van der Waals surface area contributed by atoms with Gasteiger partial charge in [0, 0.05) is 43.0 Å². The molecule has 0 unspecified atom stereocenters. The Hall–Kier alpha value is -3.42. The molecule has 28 heavy (non-hydrogen) atoms. The molecule has 1 heterocycles. The molecule has 0 saturated carbocycles. The molecule has 1 aliphatic rings. The smallest absolute Gasteiger partial charge is 0.293 e. The Morgan fingerprint density at radius 3 is 2.39 bits per heavy atom. The van der Waals surface area contributed by atoms with Crippen LogP contribution in [-0.4, -0.2) is 29.8 Å². The lowest BCUT2D eigenvalue weighted by Crippen LogP contribution is -2.20. The zero-order valence-electron chi connectivity index (χ0n) is 15.8. The van der Waals surface area contributed by atoms with Crippen LogP contribution in [0.4, 0.5) is 22.7 Å². The highest BCUT2D eigenvalue weighted by molar-refractivity contribution is 6.05. The molecule has 1 aliphatic heterocycles. The lowest BCUT2D eigenvalue weighted by atomic mass is 10.1. The van der Waals surface area contributed by atoms with Crippen LogP contribution in [-0.2, 0) is 4.79 Å². The predicted molar refractivity (Wildman–Crippen MR) is 108 cm³/mol. The second-order valence-corrected chi connectivity index (χ2v) is 6.82. The van der Waals surface area contributed by atoms with E-state index in [1.165, 1.54) is 13.0 Å². The first-order chi connectivity index (χ1) is 13.3. The number of nitro benzene ring substituents is 1. The van der Waals surface area contributed by atoms with E-state index >= 15 is 0 Å². The van der Waals surface area contributed by atoms with E-state index in [0.717, 1.165) is 31.5 Å². The standard InChI is InChI=1S/C20H22N4O4/c1-13-11-16(6-7-17(13)21-14(2)25)22-20(26)15-5-8-18(19(12-15)24(27)28)23-9-3-4-10-23/h5-8,11-12H,3-4,9-10H2,1-2H3,(H,21,25)(H,22,26). The quantitative estimate of drug-likeness (QED) is 0.606. The van der Waals surface area contributed by atoms with Crippen molar-refractivity contribution in [1.82, 2.24) is 0 Å². The molecular weight excluding hydrogens is 360 g/mol. The summed E-state index contributed by atoms with van der Waals surface area (Å²) in [6, 6.07) is 9.67. The van der Waals surface area contributed by atoms with Crippen LogP contribution in [0.2, 0.25) is 0 Å². The number of nitrogens with one attached hydrogen (secondary N) is 2. The Bertz CT molecular complexity index is 936. The third-order valence-corrected chi connectivity index (χ3v) is 4.68. The lowest BCUT2D eigenvalue weighted by molar-refractivity contribution is -0.384. The minimum atomic E-state index is -0.448. The third-order valence-electron chi connectivity index (χ3n) is 4.68. The summed E-state index contributed by atoms with van der Waals surface area (Å²) in [5.74, 6) is -0.604. The van der Waals surface area contributed by atoms with Gasteiger partial charge in [0.2, 0.25) is 5.91 Å². The van der Waals surface area contributed by atoms with Crippen molar-refractivity contribution in [2.75, 3.05) is 28.6 Å². The van der Waals surface area contributed by atoms with Crippen LogP contribution in [0.25, 0.3) is 0 Å². The monoisotopic (exact) mass is 382 g/mol. The average molecular weight is 382 g/mol. The molecule has 0 atom stereocenters. The van der Waals surface area contributed by atoms with Crippen LogP contribution >= 0.6 is 0 Å². The van der Waals surface area contributed by atoms with Crippen LogP contribution in [0.15, 0.2) is 36.4 Å². The predicted octanol–water partition coefficient (Wildman–Crippen LogP) is 3.71. The van der Waals surface area contributed by atoms with E-state index in [0.29, 0.717) is 17.1 Å². The van der Waals surface area contributed by atoms with E-state index in [2.05, 4.69) is 10.6 Å². The molecule has 3 rings (SSSR count). The van der Waals surface area contributed by atoms with Gasteiger partial charge in [-0.15, -0.1) is 0 Å². The van der Waals surface area contributed by atoms with Crippen molar-refractivity contribution >= 4 is 34.6 Å². The number of carbonyl (C=O) groups is 2. The van der Waals surface area contributed by atoms with Gasteiger partial charge >= 0.3 is 0 Å². The van der Waals surface area contributed by atoms with Crippen LogP contribution < -0.4 is 15.5 Å². The maximum Gasteiger partial charge on any atom is 0.293 e. The molecule has 2 amide bonds. The van der Waals surface area contributed by atoms with E-state index in [-0.39, 0.29) is 17.2 Å². The summed E-state index contributed by atoms with van der Waals surface area (Å²) >= 11 is 0. The van der Waals surface area contributed by atoms with E-state index in [4.69, 9.17) is 0 Å². The zero-order chi connectivity index (χ0) is 20.3. The van der Waals surface area contributed by atoms with Crippen molar-refractivity contribution in [3.63, 3.8) is 0 Å². The molecule has 0 aliphatic carbocycles. The van der Waals surface area contributed by atoms with E-state index in [1.807, 2.05) is 11.8 Å². The van der Waals surface area contributed by atoms with E-state index < -0.39 is 10.8 Å². The summed E-state index contributed by atoms with van der Waals surface area (Å²) < 4.78 is 0. The fourth-order valence-corrected chi connectivity index (χ4v) is 3.31. The van der Waals surface area contributed by atoms with Gasteiger partial charge in [0.25, 0.3) is 11.6 Å². The molecule has 0 bridgehead atoms. The fourth-order valence-electron chi connectivity index (χ4n) is 3.31. The molecule has 8 nitrogen and oxygen atoms in total. The number of hydrogen-bond acceptors (Lipinski definition) is 5. The van der Waals surface area contributed by atoms with E-state index in [1.54, 1.807) is 30.3 Å². The second-order valence-electron chi connectivity index (χ2n) is 6.82. The Morgan fingerprint density at radius 2 is 1.79 bits per heavy atom. The SMILES string of the molecule is CC(=O)Nc1ccc(NC(=O)c2ccc(N3CCCC3)c([N+](=O)[O-])c2)cc1C. The molecule has 146 valence electrons. The number of amides is 2. The molecule has 2 aromatic rings. The van der Waals surface area contributed by atoms with Gasteiger partial charge in [-0.25, -0.2) is 0 Å². The van der Waals surface area contributed by atoms with Gasteiger partial charge in [-0.2, -0.15) is 0 Å². The molecule has 1 fully saturated rings. The molecule has 2 N–H and O–H groups in total. The summed E-state index contributed by atoms with van der Waals surface area (Å²) in [7, 11) is 0. The number of benzene rings is 2. The van der Waals surface area contributed by atoms with Crippen LogP contribution in [0, 0.1) is 17.0 Å². The van der Waals surface area contributed by atoms with Crippen molar-refractivity contribution in [3.05, 3.63) is 57.6 Å². The van der Waals surface area contributed by atoms with Crippen molar-refractivity contribution in [1.29, 1.82) is 0 Å². The fraction of sp³-hybridized carbons (Fsp3) is 0.300. The summed E-state index contributed by atoms with van der Waals surface area (Å²) in [6.45, 7) is 4.81. The Balaban J connectivity index is 1.80. The van der Waals surface area contributed by atoms with Crippen molar-refractivity contribution in [2.24, 2.45) is 0 Å². The van der Waals surface area contributed by atoms with E-state index in [9.17, 15) is 19.7 Å².